The molecule has 5 heteroatoms. The summed E-state index contributed by atoms with van der Waals surface area (Å²) in [6, 6.07) is 4.96. The fourth-order valence-electron chi connectivity index (χ4n) is 2.61. The summed E-state index contributed by atoms with van der Waals surface area (Å²) < 4.78 is 5.53. The molecule has 22 heavy (non-hydrogen) atoms. The van der Waals surface area contributed by atoms with Crippen LogP contribution in [0.15, 0.2) is 18.2 Å². The summed E-state index contributed by atoms with van der Waals surface area (Å²) in [6.45, 7) is 3.41. The predicted molar refractivity (Wildman–Crippen MR) is 86.0 cm³/mol. The molecular formula is C17H24N2O3. The van der Waals surface area contributed by atoms with Gasteiger partial charge in [0.2, 0.25) is 0 Å². The molecule has 1 fully saturated rings. The van der Waals surface area contributed by atoms with Crippen molar-refractivity contribution >= 4 is 17.4 Å². The Morgan fingerprint density at radius 1 is 1.18 bits per heavy atom. The molecule has 1 aromatic carbocycles. The number of benzene rings is 1. The van der Waals surface area contributed by atoms with Crippen molar-refractivity contribution in [2.45, 2.75) is 39.0 Å². The average Bonchev–Trinajstić information content (AvgIpc) is 2.81. The maximum atomic E-state index is 12.2. The number of amides is 1. The lowest BCUT2D eigenvalue weighted by Crippen LogP contribution is -2.35. The van der Waals surface area contributed by atoms with E-state index in [2.05, 4.69) is 0 Å². The second kappa shape index (κ2) is 7.82. The molecule has 1 heterocycles. The van der Waals surface area contributed by atoms with Crippen LogP contribution in [0.25, 0.3) is 0 Å². The number of ether oxygens (including phenoxy) is 1. The van der Waals surface area contributed by atoms with Crippen molar-refractivity contribution in [1.82, 2.24) is 4.90 Å². The molecule has 0 unspecified atom stereocenters. The Hall–Kier alpha value is -2.04. The van der Waals surface area contributed by atoms with E-state index in [4.69, 9.17) is 10.5 Å². The SMILES string of the molecule is CCC(=O)c1ccc(OCC(=O)N2CCCCCC2)c(N)c1. The van der Waals surface area contributed by atoms with E-state index < -0.39 is 0 Å². The summed E-state index contributed by atoms with van der Waals surface area (Å²) in [7, 11) is 0. The molecule has 5 nitrogen and oxygen atoms in total. The number of Topliss-reactive ketones (excluding diaryl/α,β-unsaturated/α-hetero) is 1. The van der Waals surface area contributed by atoms with Crippen LogP contribution in [-0.2, 0) is 4.79 Å². The molecule has 1 aliphatic heterocycles. The second-order valence-electron chi connectivity index (χ2n) is 5.61. The van der Waals surface area contributed by atoms with E-state index in [1.165, 1.54) is 12.8 Å². The van der Waals surface area contributed by atoms with Gasteiger partial charge in [-0.15, -0.1) is 0 Å². The molecule has 0 saturated carbocycles. The molecule has 1 amide bonds. The number of likely N-dealkylation sites (tertiary alicyclic amines) is 1. The summed E-state index contributed by atoms with van der Waals surface area (Å²) in [5, 5.41) is 0. The molecule has 1 saturated heterocycles. The Labute approximate surface area is 131 Å². The Kier molecular flexibility index (Phi) is 5.81. The zero-order valence-electron chi connectivity index (χ0n) is 13.1. The Morgan fingerprint density at radius 2 is 1.86 bits per heavy atom. The first-order chi connectivity index (χ1) is 10.6. The summed E-state index contributed by atoms with van der Waals surface area (Å²) in [6.07, 6.45) is 4.92. The minimum absolute atomic E-state index is 0.00462. The lowest BCUT2D eigenvalue weighted by atomic mass is 10.1. The highest BCUT2D eigenvalue weighted by atomic mass is 16.5. The Bertz CT molecular complexity index is 535. The van der Waals surface area contributed by atoms with Crippen molar-refractivity contribution in [2.75, 3.05) is 25.4 Å². The van der Waals surface area contributed by atoms with Crippen LogP contribution in [0.4, 0.5) is 5.69 Å². The largest absolute Gasteiger partial charge is 0.482 e. The van der Waals surface area contributed by atoms with Crippen LogP contribution in [0, 0.1) is 0 Å². The van der Waals surface area contributed by atoms with E-state index in [0.717, 1.165) is 25.9 Å². The first kappa shape index (κ1) is 16.3. The van der Waals surface area contributed by atoms with Gasteiger partial charge in [0.25, 0.3) is 5.91 Å². The smallest absolute Gasteiger partial charge is 0.260 e. The van der Waals surface area contributed by atoms with Crippen LogP contribution in [0.2, 0.25) is 0 Å². The van der Waals surface area contributed by atoms with Gasteiger partial charge in [0, 0.05) is 25.1 Å². The van der Waals surface area contributed by atoms with Crippen molar-refractivity contribution in [3.8, 4) is 5.75 Å². The van der Waals surface area contributed by atoms with Gasteiger partial charge in [0.1, 0.15) is 5.75 Å². The number of hydrogen-bond acceptors (Lipinski definition) is 4. The maximum Gasteiger partial charge on any atom is 0.260 e. The number of nitrogens with zero attached hydrogens (tertiary/aromatic N) is 1. The first-order valence-corrected chi connectivity index (χ1v) is 7.95. The van der Waals surface area contributed by atoms with Gasteiger partial charge in [-0.05, 0) is 31.0 Å². The highest BCUT2D eigenvalue weighted by molar-refractivity contribution is 5.97. The number of nitrogens with two attached hydrogens (primary N) is 1. The van der Waals surface area contributed by atoms with Crippen molar-refractivity contribution in [1.29, 1.82) is 0 Å². The van der Waals surface area contributed by atoms with Crippen LogP contribution in [0.1, 0.15) is 49.4 Å². The number of rotatable bonds is 5. The molecule has 120 valence electrons. The van der Waals surface area contributed by atoms with Gasteiger partial charge < -0.3 is 15.4 Å². The molecule has 0 atom stereocenters. The molecule has 0 aromatic heterocycles. The fourth-order valence-corrected chi connectivity index (χ4v) is 2.61. The van der Waals surface area contributed by atoms with Gasteiger partial charge in [-0.1, -0.05) is 19.8 Å². The lowest BCUT2D eigenvalue weighted by molar-refractivity contribution is -0.133. The zero-order chi connectivity index (χ0) is 15.9. The van der Waals surface area contributed by atoms with Crippen LogP contribution < -0.4 is 10.5 Å². The highest BCUT2D eigenvalue weighted by Crippen LogP contribution is 2.23. The maximum absolute atomic E-state index is 12.2. The first-order valence-electron chi connectivity index (χ1n) is 7.95. The average molecular weight is 304 g/mol. The molecule has 2 N–H and O–H groups in total. The topological polar surface area (TPSA) is 72.6 Å². The fraction of sp³-hybridized carbons (Fsp3) is 0.529. The number of hydrogen-bond donors (Lipinski definition) is 1. The third-order valence-corrected chi connectivity index (χ3v) is 3.96. The molecule has 0 radical (unpaired) electrons. The Morgan fingerprint density at radius 3 is 2.45 bits per heavy atom. The van der Waals surface area contributed by atoms with Crippen LogP contribution in [0.5, 0.6) is 5.75 Å². The van der Waals surface area contributed by atoms with Gasteiger partial charge in [0.15, 0.2) is 12.4 Å². The van der Waals surface area contributed by atoms with E-state index in [1.807, 2.05) is 11.8 Å². The number of anilines is 1. The molecule has 2 rings (SSSR count). The third kappa shape index (κ3) is 4.23. The van der Waals surface area contributed by atoms with Gasteiger partial charge in [-0.25, -0.2) is 0 Å². The summed E-state index contributed by atoms with van der Waals surface area (Å²) in [5.74, 6) is 0.490. The lowest BCUT2D eigenvalue weighted by Gasteiger charge is -2.20. The van der Waals surface area contributed by atoms with Crippen molar-refractivity contribution in [2.24, 2.45) is 0 Å². The van der Waals surface area contributed by atoms with E-state index in [9.17, 15) is 9.59 Å². The minimum Gasteiger partial charge on any atom is -0.482 e. The summed E-state index contributed by atoms with van der Waals surface area (Å²) in [4.78, 5) is 25.6. The van der Waals surface area contributed by atoms with Gasteiger partial charge >= 0.3 is 0 Å². The van der Waals surface area contributed by atoms with Gasteiger partial charge in [-0.3, -0.25) is 9.59 Å². The van der Waals surface area contributed by atoms with E-state index >= 15 is 0 Å². The summed E-state index contributed by atoms with van der Waals surface area (Å²) >= 11 is 0. The normalized spacial score (nSPS) is 15.2. The molecular weight excluding hydrogens is 280 g/mol. The minimum atomic E-state index is -0.00866. The summed E-state index contributed by atoms with van der Waals surface area (Å²) in [5.41, 5.74) is 6.87. The Balaban J connectivity index is 1.93. The number of carbonyl (C=O) groups excluding carboxylic acids is 2. The van der Waals surface area contributed by atoms with Gasteiger partial charge in [0.05, 0.1) is 5.69 Å². The monoisotopic (exact) mass is 304 g/mol. The number of nitrogen functional groups attached to an aromatic ring is 1. The van der Waals surface area contributed by atoms with Crippen LogP contribution in [-0.4, -0.2) is 36.3 Å². The molecule has 1 aliphatic rings. The van der Waals surface area contributed by atoms with E-state index in [1.54, 1.807) is 18.2 Å². The van der Waals surface area contributed by atoms with E-state index in [0.29, 0.717) is 23.4 Å². The van der Waals surface area contributed by atoms with Gasteiger partial charge in [-0.2, -0.15) is 0 Å². The van der Waals surface area contributed by atoms with E-state index in [-0.39, 0.29) is 18.3 Å². The molecule has 1 aromatic rings. The van der Waals surface area contributed by atoms with Crippen molar-refractivity contribution in [3.63, 3.8) is 0 Å². The molecule has 0 spiro atoms. The molecule has 0 bridgehead atoms. The molecule has 0 aliphatic carbocycles. The third-order valence-electron chi connectivity index (χ3n) is 3.96. The number of ketones is 1. The van der Waals surface area contributed by atoms with Crippen LogP contribution in [0.3, 0.4) is 0 Å². The quantitative estimate of drug-likeness (QED) is 0.670. The predicted octanol–water partition coefficient (Wildman–Crippen LogP) is 2.64. The number of carbonyl (C=O) groups is 2. The van der Waals surface area contributed by atoms with Crippen molar-refractivity contribution in [3.05, 3.63) is 23.8 Å². The highest BCUT2D eigenvalue weighted by Gasteiger charge is 2.16. The van der Waals surface area contributed by atoms with Crippen molar-refractivity contribution < 1.29 is 14.3 Å². The zero-order valence-corrected chi connectivity index (χ0v) is 13.1. The second-order valence-corrected chi connectivity index (χ2v) is 5.61. The standard InChI is InChI=1S/C17H24N2O3/c1-2-15(20)13-7-8-16(14(18)11-13)22-12-17(21)19-9-5-3-4-6-10-19/h7-8,11H,2-6,9-10,12,18H2,1H3. The van der Waals surface area contributed by atoms with Crippen LogP contribution >= 0.6 is 0 Å².